The van der Waals surface area contributed by atoms with Crippen molar-refractivity contribution in [2.75, 3.05) is 19.5 Å². The summed E-state index contributed by atoms with van der Waals surface area (Å²) in [5, 5.41) is 18.2. The minimum absolute atomic E-state index is 0.0899. The van der Waals surface area contributed by atoms with Gasteiger partial charge in [-0.3, -0.25) is 4.79 Å². The quantitative estimate of drug-likeness (QED) is 0.514. The Bertz CT molecular complexity index is 794. The van der Waals surface area contributed by atoms with Crippen LogP contribution in [0.3, 0.4) is 0 Å². The molecule has 0 radical (unpaired) electrons. The molecule has 4 N–H and O–H groups in total. The van der Waals surface area contributed by atoms with Crippen LogP contribution in [-0.2, 0) is 16.1 Å². The summed E-state index contributed by atoms with van der Waals surface area (Å²) in [7, 11) is 1.47. The van der Waals surface area contributed by atoms with E-state index in [1.807, 2.05) is 16.8 Å². The number of rotatable bonds is 6. The molecular formula is C17H23ClN4O4. The van der Waals surface area contributed by atoms with Gasteiger partial charge in [0.05, 0.1) is 17.9 Å². The summed E-state index contributed by atoms with van der Waals surface area (Å²) in [6.45, 7) is 3.54. The van der Waals surface area contributed by atoms with Gasteiger partial charge in [0.1, 0.15) is 11.5 Å². The maximum absolute atomic E-state index is 9.70. The van der Waals surface area contributed by atoms with Crippen molar-refractivity contribution in [1.29, 1.82) is 0 Å². The monoisotopic (exact) mass is 382 g/mol. The zero-order valence-corrected chi connectivity index (χ0v) is 15.7. The molecule has 0 aliphatic carbocycles. The van der Waals surface area contributed by atoms with Gasteiger partial charge in [0.15, 0.2) is 5.60 Å². The number of carboxylic acids is 1. The van der Waals surface area contributed by atoms with Gasteiger partial charge < -0.3 is 25.3 Å². The molecule has 0 aliphatic heterocycles. The summed E-state index contributed by atoms with van der Waals surface area (Å²) in [6.07, 6.45) is 7.67. The number of aliphatic carboxylic acids is 1. The van der Waals surface area contributed by atoms with Gasteiger partial charge >= 0.3 is 5.97 Å². The van der Waals surface area contributed by atoms with E-state index in [1.54, 1.807) is 13.8 Å². The van der Waals surface area contributed by atoms with Crippen molar-refractivity contribution in [1.82, 2.24) is 14.5 Å². The van der Waals surface area contributed by atoms with Crippen LogP contribution in [0.25, 0.3) is 11.0 Å². The average Bonchev–Trinajstić information content (AvgIpc) is 3.00. The van der Waals surface area contributed by atoms with Crippen LogP contribution in [0, 0.1) is 18.3 Å². The number of carbonyl (C=O) groups is 1. The highest BCUT2D eigenvalue weighted by molar-refractivity contribution is 6.28. The summed E-state index contributed by atoms with van der Waals surface area (Å²) in [4.78, 5) is 17.8. The third kappa shape index (κ3) is 5.33. The molecule has 2 aromatic heterocycles. The van der Waals surface area contributed by atoms with Gasteiger partial charge in [0.2, 0.25) is 5.28 Å². The molecule has 2 aromatic rings. The Morgan fingerprint density at radius 1 is 1.54 bits per heavy atom. The number of hydrogen-bond acceptors (Lipinski definition) is 6. The molecule has 0 fully saturated rings. The molecule has 1 atom stereocenters. The first-order valence-electron chi connectivity index (χ1n) is 7.84. The topological polar surface area (TPSA) is 123 Å². The number of anilines is 1. The molecule has 0 saturated carbocycles. The second-order valence-corrected chi connectivity index (χ2v) is 6.21. The number of ether oxygens (including phenoxy) is 1. The third-order valence-corrected chi connectivity index (χ3v) is 3.95. The number of aliphatic hydroxyl groups is 1. The molecule has 8 nitrogen and oxygen atoms in total. The standard InChI is InChI=1S/C13H15ClN4O2.C4H8O2/c1-3-13(8-19,20-2)5-7-18-6-4-9-10(15)16-12(14)17-11(9)18;1-3(2)4(5)6/h1,4,6,19H,5,7-8H2,2H3,(H2,15,16,17);3H,1-2H3,(H,5,6). The number of nitrogens with zero attached hydrogens (tertiary/aromatic N) is 3. The number of nitrogens with two attached hydrogens (primary N) is 1. The van der Waals surface area contributed by atoms with Crippen molar-refractivity contribution < 1.29 is 19.7 Å². The van der Waals surface area contributed by atoms with Crippen LogP contribution >= 0.6 is 11.6 Å². The second kappa shape index (κ2) is 9.38. The lowest BCUT2D eigenvalue weighted by Crippen LogP contribution is -2.35. The van der Waals surface area contributed by atoms with Crippen LogP contribution in [0.15, 0.2) is 12.3 Å². The maximum Gasteiger partial charge on any atom is 0.305 e. The van der Waals surface area contributed by atoms with Gasteiger partial charge in [-0.1, -0.05) is 19.8 Å². The van der Waals surface area contributed by atoms with E-state index in [-0.39, 0.29) is 17.8 Å². The summed E-state index contributed by atoms with van der Waals surface area (Å²) in [6, 6.07) is 1.81. The Balaban J connectivity index is 0.000000487. The van der Waals surface area contributed by atoms with Crippen molar-refractivity contribution in [2.24, 2.45) is 5.92 Å². The van der Waals surface area contributed by atoms with Crippen molar-refractivity contribution >= 4 is 34.4 Å². The first kappa shape index (κ1) is 21.7. The number of nitrogen functional groups attached to an aromatic ring is 1. The molecule has 0 amide bonds. The Labute approximate surface area is 156 Å². The summed E-state index contributed by atoms with van der Waals surface area (Å²) in [5.41, 5.74) is 5.41. The van der Waals surface area contributed by atoms with E-state index in [1.165, 1.54) is 7.11 Å². The largest absolute Gasteiger partial charge is 0.481 e. The van der Waals surface area contributed by atoms with Gasteiger partial charge in [-0.05, 0) is 17.7 Å². The first-order chi connectivity index (χ1) is 12.2. The van der Waals surface area contributed by atoms with Gasteiger partial charge in [-0.2, -0.15) is 4.98 Å². The van der Waals surface area contributed by atoms with Crippen LogP contribution in [0.2, 0.25) is 5.28 Å². The molecule has 0 aliphatic rings. The van der Waals surface area contributed by atoms with Crippen LogP contribution in [-0.4, -0.2) is 50.0 Å². The lowest BCUT2D eigenvalue weighted by molar-refractivity contribution is -0.140. The third-order valence-electron chi connectivity index (χ3n) is 3.78. The van der Waals surface area contributed by atoms with E-state index in [0.29, 0.717) is 24.4 Å². The predicted octanol–water partition coefficient (Wildman–Crippen LogP) is 1.79. The lowest BCUT2D eigenvalue weighted by atomic mass is 10.0. The molecule has 2 heterocycles. The van der Waals surface area contributed by atoms with Crippen molar-refractivity contribution in [3.63, 3.8) is 0 Å². The van der Waals surface area contributed by atoms with Crippen LogP contribution < -0.4 is 5.73 Å². The number of fused-ring (bicyclic) bond motifs is 1. The molecule has 9 heteroatoms. The zero-order chi connectivity index (χ0) is 19.9. The van der Waals surface area contributed by atoms with Crippen LogP contribution in [0.4, 0.5) is 5.82 Å². The number of hydrogen-bond donors (Lipinski definition) is 3. The van der Waals surface area contributed by atoms with Crippen molar-refractivity contribution in [3.05, 3.63) is 17.5 Å². The zero-order valence-electron chi connectivity index (χ0n) is 14.9. The summed E-state index contributed by atoms with van der Waals surface area (Å²) >= 11 is 5.81. The number of aromatic nitrogens is 3. The summed E-state index contributed by atoms with van der Waals surface area (Å²) < 4.78 is 7.06. The predicted molar refractivity (Wildman–Crippen MR) is 99.7 cm³/mol. The minimum Gasteiger partial charge on any atom is -0.481 e. The van der Waals surface area contributed by atoms with E-state index in [9.17, 15) is 9.90 Å². The fourth-order valence-electron chi connectivity index (χ4n) is 1.96. The van der Waals surface area contributed by atoms with Gasteiger partial charge in [-0.25, -0.2) is 4.98 Å². The highest BCUT2D eigenvalue weighted by Gasteiger charge is 2.26. The molecule has 142 valence electrons. The maximum atomic E-state index is 9.70. The van der Waals surface area contributed by atoms with Crippen molar-refractivity contribution in [3.8, 4) is 12.3 Å². The van der Waals surface area contributed by atoms with E-state index >= 15 is 0 Å². The molecule has 1 unspecified atom stereocenters. The fraction of sp³-hybridized carbons (Fsp3) is 0.471. The Kier molecular flexibility index (Phi) is 7.83. The van der Waals surface area contributed by atoms with Gasteiger partial charge in [-0.15, -0.1) is 6.42 Å². The van der Waals surface area contributed by atoms with E-state index in [2.05, 4.69) is 15.9 Å². The first-order valence-corrected chi connectivity index (χ1v) is 8.22. The Morgan fingerprint density at radius 2 is 2.15 bits per heavy atom. The Hall–Kier alpha value is -2.34. The molecule has 2 rings (SSSR count). The fourth-order valence-corrected chi connectivity index (χ4v) is 2.14. The van der Waals surface area contributed by atoms with Gasteiger partial charge in [0, 0.05) is 26.3 Å². The number of aryl methyl sites for hydroxylation is 1. The summed E-state index contributed by atoms with van der Waals surface area (Å²) in [5.74, 6) is 1.84. The second-order valence-electron chi connectivity index (χ2n) is 5.87. The molecule has 0 bridgehead atoms. The smallest absolute Gasteiger partial charge is 0.305 e. The molecule has 0 spiro atoms. The highest BCUT2D eigenvalue weighted by Crippen LogP contribution is 2.23. The number of halogens is 1. The lowest BCUT2D eigenvalue weighted by Gasteiger charge is -2.24. The number of terminal acetylenes is 1. The number of aliphatic hydroxyl groups excluding tert-OH is 1. The van der Waals surface area contributed by atoms with Gasteiger partial charge in [0.25, 0.3) is 0 Å². The molecule has 0 saturated heterocycles. The van der Waals surface area contributed by atoms with E-state index in [0.717, 1.165) is 5.39 Å². The van der Waals surface area contributed by atoms with Crippen LogP contribution in [0.5, 0.6) is 0 Å². The number of methoxy groups -OCH3 is 1. The van der Waals surface area contributed by atoms with Crippen LogP contribution in [0.1, 0.15) is 20.3 Å². The van der Waals surface area contributed by atoms with E-state index in [4.69, 9.17) is 33.6 Å². The SMILES string of the molecule is C#CC(CO)(CCn1ccc2c(N)nc(Cl)nc21)OC.CC(C)C(=O)O. The molecule has 26 heavy (non-hydrogen) atoms. The minimum atomic E-state index is -1.00. The highest BCUT2D eigenvalue weighted by atomic mass is 35.5. The average molecular weight is 383 g/mol. The van der Waals surface area contributed by atoms with E-state index < -0.39 is 11.6 Å². The normalized spacial score (nSPS) is 13.0. The number of carboxylic acid groups (broad SMARTS) is 1. The Morgan fingerprint density at radius 3 is 2.62 bits per heavy atom. The molecular weight excluding hydrogens is 360 g/mol. The molecule has 0 aromatic carbocycles. The van der Waals surface area contributed by atoms with Crippen molar-refractivity contribution in [2.45, 2.75) is 32.4 Å².